The van der Waals surface area contributed by atoms with Crippen molar-refractivity contribution in [2.45, 2.75) is 0 Å². The Bertz CT molecular complexity index is 4620. The van der Waals surface area contributed by atoms with Crippen molar-refractivity contribution in [3.63, 3.8) is 0 Å². The van der Waals surface area contributed by atoms with Crippen molar-refractivity contribution in [3.8, 4) is 68.6 Å². The molecule has 4 heterocycles. The summed E-state index contributed by atoms with van der Waals surface area (Å²) in [7, 11) is 0. The number of fused-ring (bicyclic) bond motifs is 13. The molecule has 0 atom stereocenters. The molecule has 0 bridgehead atoms. The first kappa shape index (κ1) is 41.6. The van der Waals surface area contributed by atoms with Gasteiger partial charge in [0.05, 0.1) is 22.1 Å². The first-order valence-corrected chi connectivity index (χ1v) is 24.8. The van der Waals surface area contributed by atoms with Gasteiger partial charge < -0.3 is 4.57 Å². The zero-order chi connectivity index (χ0) is 48.7. The van der Waals surface area contributed by atoms with Gasteiger partial charge in [-0.15, -0.1) is 0 Å². The Morgan fingerprint density at radius 2 is 0.568 bits per heavy atom. The van der Waals surface area contributed by atoms with Crippen molar-refractivity contribution >= 4 is 75.9 Å². The van der Waals surface area contributed by atoms with Crippen molar-refractivity contribution in [2.24, 2.45) is 0 Å². The van der Waals surface area contributed by atoms with E-state index in [1.54, 1.807) is 0 Å². The summed E-state index contributed by atoms with van der Waals surface area (Å²) in [4.78, 5) is 31.5. The van der Waals surface area contributed by atoms with Crippen LogP contribution in [-0.2, 0) is 0 Å². The number of benzene rings is 11. The van der Waals surface area contributed by atoms with Gasteiger partial charge in [0.1, 0.15) is 0 Å². The van der Waals surface area contributed by atoms with Crippen molar-refractivity contribution in [2.75, 3.05) is 0 Å². The van der Waals surface area contributed by atoms with E-state index in [2.05, 4.69) is 173 Å². The molecule has 0 radical (unpaired) electrons. The van der Waals surface area contributed by atoms with Crippen LogP contribution in [0.2, 0.25) is 0 Å². The molecule has 0 unspecified atom stereocenters. The Morgan fingerprint density at radius 3 is 1.08 bits per heavy atom. The van der Waals surface area contributed by atoms with E-state index in [0.29, 0.717) is 35.1 Å². The molecule has 15 rings (SSSR count). The Hall–Kier alpha value is -10.2. The molecule has 11 aromatic carbocycles. The maximum atomic E-state index is 5.34. The number of hydrogen-bond acceptors (Lipinski definition) is 6. The van der Waals surface area contributed by atoms with Crippen molar-refractivity contribution in [3.05, 3.63) is 243 Å². The second-order valence-electron chi connectivity index (χ2n) is 18.7. The Kier molecular flexibility index (Phi) is 9.40. The molecular formula is C66H40N8. The third-order valence-corrected chi connectivity index (χ3v) is 14.4. The van der Waals surface area contributed by atoms with Gasteiger partial charge >= 0.3 is 0 Å². The van der Waals surface area contributed by atoms with Gasteiger partial charge in [0, 0.05) is 55.0 Å². The zero-order valence-corrected chi connectivity index (χ0v) is 39.7. The molecule has 8 heteroatoms. The van der Waals surface area contributed by atoms with Crippen LogP contribution in [0.25, 0.3) is 145 Å². The van der Waals surface area contributed by atoms with E-state index < -0.39 is 0 Å². The lowest BCUT2D eigenvalue weighted by Gasteiger charge is -2.14. The SMILES string of the molecule is c1ccc(-c2nc(-c3cccc(-n4c5ccccc5c5ccc6c7ccccc7n(-c7nc(-c8ccccc8)nc(-c8ccccc8)n7)c6c54)c3)nc(-c3ccc4c5ccccc5c5ccccc5c4c3)n2)cc1. The van der Waals surface area contributed by atoms with Gasteiger partial charge in [0.15, 0.2) is 29.1 Å². The number of rotatable bonds is 7. The predicted molar refractivity (Wildman–Crippen MR) is 302 cm³/mol. The monoisotopic (exact) mass is 944 g/mol. The van der Waals surface area contributed by atoms with Gasteiger partial charge in [0.2, 0.25) is 5.95 Å². The molecule has 15 aromatic rings. The number of nitrogens with zero attached hydrogens (tertiary/aromatic N) is 8. The predicted octanol–water partition coefficient (Wildman–Crippen LogP) is 16.0. The summed E-state index contributed by atoms with van der Waals surface area (Å²) >= 11 is 0. The largest absolute Gasteiger partial charge is 0.307 e. The highest BCUT2D eigenvalue weighted by atomic mass is 15.2. The number of aromatic nitrogens is 8. The molecule has 0 N–H and O–H groups in total. The molecule has 0 amide bonds. The Balaban J connectivity index is 0.969. The van der Waals surface area contributed by atoms with Crippen molar-refractivity contribution < 1.29 is 0 Å². The van der Waals surface area contributed by atoms with Crippen LogP contribution >= 0.6 is 0 Å². The molecule has 0 aliphatic heterocycles. The summed E-state index contributed by atoms with van der Waals surface area (Å²) in [5.74, 6) is 3.50. The summed E-state index contributed by atoms with van der Waals surface area (Å²) < 4.78 is 4.61. The lowest BCUT2D eigenvalue weighted by atomic mass is 9.93. The van der Waals surface area contributed by atoms with Crippen LogP contribution in [0.3, 0.4) is 0 Å². The quantitative estimate of drug-likeness (QED) is 0.148. The van der Waals surface area contributed by atoms with Gasteiger partial charge in [-0.2, -0.15) is 9.97 Å². The number of para-hydroxylation sites is 2. The first-order valence-electron chi connectivity index (χ1n) is 24.8. The van der Waals surface area contributed by atoms with Crippen LogP contribution in [0.4, 0.5) is 0 Å². The molecule has 0 saturated heterocycles. The van der Waals surface area contributed by atoms with E-state index in [-0.39, 0.29) is 0 Å². The van der Waals surface area contributed by atoms with E-state index in [1.165, 1.54) is 26.9 Å². The summed E-state index contributed by atoms with van der Waals surface area (Å²) in [6, 6.07) is 84.6. The minimum atomic E-state index is 0.531. The maximum absolute atomic E-state index is 5.34. The second kappa shape index (κ2) is 16.7. The minimum Gasteiger partial charge on any atom is -0.307 e. The lowest BCUT2D eigenvalue weighted by molar-refractivity contribution is 0.953. The molecule has 0 fully saturated rings. The van der Waals surface area contributed by atoms with E-state index in [1.807, 2.05) is 78.9 Å². The van der Waals surface area contributed by atoms with Gasteiger partial charge in [-0.25, -0.2) is 19.9 Å². The van der Waals surface area contributed by atoms with Gasteiger partial charge in [-0.1, -0.05) is 212 Å². The van der Waals surface area contributed by atoms with Crippen LogP contribution < -0.4 is 0 Å². The zero-order valence-electron chi connectivity index (χ0n) is 39.7. The number of hydrogen-bond donors (Lipinski definition) is 0. The van der Waals surface area contributed by atoms with Crippen LogP contribution in [-0.4, -0.2) is 39.0 Å². The normalized spacial score (nSPS) is 11.8. The van der Waals surface area contributed by atoms with Crippen molar-refractivity contribution in [1.82, 2.24) is 39.0 Å². The smallest absolute Gasteiger partial charge is 0.238 e. The fourth-order valence-electron chi connectivity index (χ4n) is 11.1. The highest BCUT2D eigenvalue weighted by Gasteiger charge is 2.24. The third-order valence-electron chi connectivity index (χ3n) is 14.4. The molecule has 344 valence electrons. The molecule has 0 spiro atoms. The Labute approximate surface area is 424 Å². The molecule has 4 aromatic heterocycles. The summed E-state index contributed by atoms with van der Waals surface area (Å²) in [6.45, 7) is 0. The summed E-state index contributed by atoms with van der Waals surface area (Å²) in [5, 5.41) is 11.6. The molecule has 0 aliphatic rings. The van der Waals surface area contributed by atoms with Crippen LogP contribution in [0, 0.1) is 0 Å². The molecule has 0 aliphatic carbocycles. The first-order chi connectivity index (χ1) is 36.7. The topological polar surface area (TPSA) is 87.2 Å². The van der Waals surface area contributed by atoms with Crippen molar-refractivity contribution in [1.29, 1.82) is 0 Å². The summed E-state index contributed by atoms with van der Waals surface area (Å²) in [6.07, 6.45) is 0. The molecule has 74 heavy (non-hydrogen) atoms. The van der Waals surface area contributed by atoms with Crippen LogP contribution in [0.15, 0.2) is 243 Å². The Morgan fingerprint density at radius 1 is 0.216 bits per heavy atom. The molecule has 0 saturated carbocycles. The maximum Gasteiger partial charge on any atom is 0.238 e. The van der Waals surface area contributed by atoms with E-state index in [9.17, 15) is 0 Å². The third kappa shape index (κ3) is 6.62. The van der Waals surface area contributed by atoms with Crippen LogP contribution in [0.5, 0.6) is 0 Å². The van der Waals surface area contributed by atoms with E-state index in [4.69, 9.17) is 29.9 Å². The second-order valence-corrected chi connectivity index (χ2v) is 18.7. The lowest BCUT2D eigenvalue weighted by Crippen LogP contribution is -2.07. The average Bonchev–Trinajstić information content (AvgIpc) is 4.06. The van der Waals surface area contributed by atoms with Gasteiger partial charge in [-0.05, 0) is 62.6 Å². The highest BCUT2D eigenvalue weighted by molar-refractivity contribution is 6.26. The average molecular weight is 945 g/mol. The highest BCUT2D eigenvalue weighted by Crippen LogP contribution is 2.43. The minimum absolute atomic E-state index is 0.531. The standard InChI is InChI=1S/C66H40N8/c1-4-19-41(20-5-1)61-67-64(70-65(68-61)45-35-36-51-49-29-11-10-27-47(49)48-28-12-13-30-50(48)56(51)40-45)44-25-18-26-46(39-44)73-57-33-16-14-31-52(57)54-37-38-55-53-32-15-17-34-58(53)74(60(55)59(54)73)66-71-62(42-21-6-2-7-22-42)69-63(72-66)43-23-8-3-9-24-43/h1-40H. The van der Waals surface area contributed by atoms with Gasteiger partial charge in [-0.3, -0.25) is 4.57 Å². The van der Waals surface area contributed by atoms with Gasteiger partial charge in [0.25, 0.3) is 0 Å². The van der Waals surface area contributed by atoms with E-state index >= 15 is 0 Å². The summed E-state index contributed by atoms with van der Waals surface area (Å²) in [5.41, 5.74) is 9.52. The fourth-order valence-corrected chi connectivity index (χ4v) is 11.1. The fraction of sp³-hybridized carbons (Fsp3) is 0. The molecule has 8 nitrogen and oxygen atoms in total. The van der Waals surface area contributed by atoms with Crippen LogP contribution in [0.1, 0.15) is 0 Å². The van der Waals surface area contributed by atoms with E-state index in [0.717, 1.165) is 82.5 Å². The molecular weight excluding hydrogens is 905 g/mol.